The Labute approximate surface area is 185 Å². The van der Waals surface area contributed by atoms with E-state index in [0.717, 1.165) is 0 Å². The minimum atomic E-state index is -1.22. The molecule has 1 amide bonds. The SMILES string of the molecule is COc1ccc(OC)c(C(=O)C(C)=Cc2ccc(OC)c(NC(=O)C(N)CC(=O)O)c2)c1. The molecule has 0 saturated carbocycles. The standard InChI is InChI=1S/C23H26N2O7/c1-13(22(28)16-11-15(30-2)6-8-19(16)31-3)9-14-5-7-20(32-4)18(10-14)25-23(29)17(24)12-21(26)27/h5-11,17H,12,24H2,1-4H3,(H,25,29)(H,26,27). The number of ether oxygens (including phenoxy) is 3. The number of hydrogen-bond donors (Lipinski definition) is 3. The highest BCUT2D eigenvalue weighted by Crippen LogP contribution is 2.29. The molecule has 0 aromatic heterocycles. The Kier molecular flexibility index (Phi) is 8.37. The predicted molar refractivity (Wildman–Crippen MR) is 119 cm³/mol. The fourth-order valence-corrected chi connectivity index (χ4v) is 2.94. The van der Waals surface area contributed by atoms with Crippen molar-refractivity contribution in [1.29, 1.82) is 0 Å². The lowest BCUT2D eigenvalue weighted by molar-refractivity contribution is -0.138. The van der Waals surface area contributed by atoms with E-state index in [4.69, 9.17) is 25.1 Å². The number of Topliss-reactive ketones (excluding diaryl/α,β-unsaturated/α-hetero) is 1. The van der Waals surface area contributed by atoms with Crippen LogP contribution >= 0.6 is 0 Å². The molecule has 2 aromatic carbocycles. The van der Waals surface area contributed by atoms with Gasteiger partial charge in [0.05, 0.1) is 45.0 Å². The third-order valence-corrected chi connectivity index (χ3v) is 4.61. The second-order valence-corrected chi connectivity index (χ2v) is 6.88. The van der Waals surface area contributed by atoms with Crippen LogP contribution in [-0.4, -0.2) is 50.1 Å². The molecular weight excluding hydrogens is 416 g/mol. The van der Waals surface area contributed by atoms with Gasteiger partial charge < -0.3 is 30.4 Å². The average Bonchev–Trinajstić information content (AvgIpc) is 2.77. The maximum absolute atomic E-state index is 13.0. The number of carboxylic acid groups (broad SMARTS) is 1. The molecule has 0 radical (unpaired) electrons. The maximum atomic E-state index is 13.0. The largest absolute Gasteiger partial charge is 0.497 e. The van der Waals surface area contributed by atoms with E-state index in [0.29, 0.717) is 39.6 Å². The Hall–Kier alpha value is -3.85. The number of methoxy groups -OCH3 is 3. The number of anilines is 1. The number of carbonyl (C=O) groups excluding carboxylic acids is 2. The molecule has 1 atom stereocenters. The molecule has 0 aliphatic heterocycles. The van der Waals surface area contributed by atoms with Gasteiger partial charge in [-0.2, -0.15) is 0 Å². The lowest BCUT2D eigenvalue weighted by atomic mass is 10.0. The molecular formula is C23H26N2O7. The molecule has 0 aliphatic rings. The summed E-state index contributed by atoms with van der Waals surface area (Å²) >= 11 is 0. The zero-order chi connectivity index (χ0) is 23.8. The van der Waals surface area contributed by atoms with Crippen molar-refractivity contribution in [3.05, 3.63) is 53.1 Å². The van der Waals surface area contributed by atoms with Crippen molar-refractivity contribution in [3.63, 3.8) is 0 Å². The van der Waals surface area contributed by atoms with Gasteiger partial charge in [-0.3, -0.25) is 14.4 Å². The fraction of sp³-hybridized carbons (Fsp3) is 0.261. The molecule has 0 fully saturated rings. The van der Waals surface area contributed by atoms with E-state index >= 15 is 0 Å². The van der Waals surface area contributed by atoms with Crippen LogP contribution in [0.15, 0.2) is 42.0 Å². The van der Waals surface area contributed by atoms with Crippen LogP contribution in [0.1, 0.15) is 29.3 Å². The highest BCUT2D eigenvalue weighted by Gasteiger charge is 2.19. The van der Waals surface area contributed by atoms with Crippen molar-refractivity contribution in [2.75, 3.05) is 26.6 Å². The van der Waals surface area contributed by atoms with Crippen molar-refractivity contribution < 1.29 is 33.7 Å². The summed E-state index contributed by atoms with van der Waals surface area (Å²) in [6.07, 6.45) is 1.14. The molecule has 0 bridgehead atoms. The van der Waals surface area contributed by atoms with Crippen molar-refractivity contribution in [3.8, 4) is 17.2 Å². The zero-order valence-electron chi connectivity index (χ0n) is 18.3. The Morgan fingerprint density at radius 3 is 2.28 bits per heavy atom. The predicted octanol–water partition coefficient (Wildman–Crippen LogP) is 2.74. The lowest BCUT2D eigenvalue weighted by Crippen LogP contribution is -2.37. The van der Waals surface area contributed by atoms with Gasteiger partial charge in [0.25, 0.3) is 0 Å². The van der Waals surface area contributed by atoms with Gasteiger partial charge in [-0.15, -0.1) is 0 Å². The summed E-state index contributed by atoms with van der Waals surface area (Å²) in [5.41, 5.74) is 7.30. The number of carboxylic acids is 1. The average molecular weight is 442 g/mol. The van der Waals surface area contributed by atoms with E-state index in [1.54, 1.807) is 49.4 Å². The van der Waals surface area contributed by atoms with Crippen LogP contribution in [0.4, 0.5) is 5.69 Å². The van der Waals surface area contributed by atoms with Gasteiger partial charge in [0.1, 0.15) is 17.2 Å². The van der Waals surface area contributed by atoms with Gasteiger partial charge in [-0.1, -0.05) is 6.07 Å². The van der Waals surface area contributed by atoms with Crippen molar-refractivity contribution >= 4 is 29.4 Å². The Morgan fingerprint density at radius 2 is 1.69 bits per heavy atom. The summed E-state index contributed by atoms with van der Waals surface area (Å²) in [7, 11) is 4.42. The molecule has 9 nitrogen and oxygen atoms in total. The second-order valence-electron chi connectivity index (χ2n) is 6.88. The van der Waals surface area contributed by atoms with E-state index in [1.165, 1.54) is 21.3 Å². The molecule has 2 rings (SSSR count). The van der Waals surface area contributed by atoms with E-state index in [1.807, 2.05) is 0 Å². The molecule has 32 heavy (non-hydrogen) atoms. The van der Waals surface area contributed by atoms with Crippen LogP contribution in [0.25, 0.3) is 6.08 Å². The maximum Gasteiger partial charge on any atom is 0.305 e. The van der Waals surface area contributed by atoms with Crippen LogP contribution in [0.2, 0.25) is 0 Å². The first-order valence-electron chi connectivity index (χ1n) is 9.61. The molecule has 0 aliphatic carbocycles. The number of ketones is 1. The summed E-state index contributed by atoms with van der Waals surface area (Å²) in [4.78, 5) is 36.0. The fourth-order valence-electron chi connectivity index (χ4n) is 2.94. The molecule has 9 heteroatoms. The monoisotopic (exact) mass is 442 g/mol. The second kappa shape index (κ2) is 11.0. The van der Waals surface area contributed by atoms with Crippen LogP contribution in [0.3, 0.4) is 0 Å². The first-order valence-corrected chi connectivity index (χ1v) is 9.61. The molecule has 0 saturated heterocycles. The highest BCUT2D eigenvalue weighted by atomic mass is 16.5. The smallest absolute Gasteiger partial charge is 0.305 e. The molecule has 0 spiro atoms. The number of amides is 1. The summed E-state index contributed by atoms with van der Waals surface area (Å²) in [6, 6.07) is 8.66. The lowest BCUT2D eigenvalue weighted by Gasteiger charge is -2.14. The van der Waals surface area contributed by atoms with E-state index in [-0.39, 0.29) is 5.78 Å². The van der Waals surface area contributed by atoms with Crippen molar-refractivity contribution in [1.82, 2.24) is 0 Å². The van der Waals surface area contributed by atoms with E-state index in [9.17, 15) is 14.4 Å². The zero-order valence-corrected chi connectivity index (χ0v) is 18.3. The van der Waals surface area contributed by atoms with Crippen molar-refractivity contribution in [2.45, 2.75) is 19.4 Å². The van der Waals surface area contributed by atoms with Gasteiger partial charge in [-0.25, -0.2) is 0 Å². The minimum Gasteiger partial charge on any atom is -0.497 e. The minimum absolute atomic E-state index is 0.259. The number of carbonyl (C=O) groups is 3. The molecule has 0 heterocycles. The topological polar surface area (TPSA) is 137 Å². The summed E-state index contributed by atoms with van der Waals surface area (Å²) < 4.78 is 15.7. The number of allylic oxidation sites excluding steroid dienone is 1. The molecule has 4 N–H and O–H groups in total. The van der Waals surface area contributed by atoms with E-state index < -0.39 is 24.3 Å². The number of nitrogens with one attached hydrogen (secondary N) is 1. The van der Waals surface area contributed by atoms with Crippen molar-refractivity contribution in [2.24, 2.45) is 5.73 Å². The summed E-state index contributed by atoms with van der Waals surface area (Å²) in [5, 5.41) is 11.4. The first kappa shape index (κ1) is 24.4. The Bertz CT molecular complexity index is 1050. The van der Waals surface area contributed by atoms with Gasteiger partial charge in [-0.05, 0) is 54.5 Å². The number of aliphatic carboxylic acids is 1. The highest BCUT2D eigenvalue weighted by molar-refractivity contribution is 6.12. The normalized spacial score (nSPS) is 12.0. The molecule has 1 unspecified atom stereocenters. The molecule has 2 aromatic rings. The quantitative estimate of drug-likeness (QED) is 0.377. The van der Waals surface area contributed by atoms with Gasteiger partial charge in [0, 0.05) is 0 Å². The summed E-state index contributed by atoms with van der Waals surface area (Å²) in [6.45, 7) is 1.66. The van der Waals surface area contributed by atoms with Gasteiger partial charge in [0.2, 0.25) is 5.91 Å². The molecule has 170 valence electrons. The number of nitrogens with two attached hydrogens (primary N) is 1. The third kappa shape index (κ3) is 6.08. The number of hydrogen-bond acceptors (Lipinski definition) is 7. The van der Waals surface area contributed by atoms with Crippen LogP contribution in [0, 0.1) is 0 Å². The Balaban J connectivity index is 2.34. The van der Waals surface area contributed by atoms with Gasteiger partial charge >= 0.3 is 5.97 Å². The van der Waals surface area contributed by atoms with E-state index in [2.05, 4.69) is 5.32 Å². The summed E-state index contributed by atoms with van der Waals surface area (Å²) in [5.74, 6) is -0.811. The first-order chi connectivity index (χ1) is 15.2. The van der Waals surface area contributed by atoms with Crippen LogP contribution < -0.4 is 25.3 Å². The number of benzene rings is 2. The Morgan fingerprint density at radius 1 is 1.03 bits per heavy atom. The van der Waals surface area contributed by atoms with Crippen LogP contribution in [0.5, 0.6) is 17.2 Å². The van der Waals surface area contributed by atoms with Crippen LogP contribution in [-0.2, 0) is 9.59 Å². The third-order valence-electron chi connectivity index (χ3n) is 4.61. The number of rotatable bonds is 10. The van der Waals surface area contributed by atoms with Gasteiger partial charge in [0.15, 0.2) is 5.78 Å².